The number of hydrogen-bond donors (Lipinski definition) is 2. The summed E-state index contributed by atoms with van der Waals surface area (Å²) in [5.74, 6) is 0. The largest absolute Gasteiger partial charge is 0.341 e. The second-order valence-electron chi connectivity index (χ2n) is 3.20. The Morgan fingerprint density at radius 1 is 1.20 bits per heavy atom. The highest BCUT2D eigenvalue weighted by molar-refractivity contribution is 5.73. The van der Waals surface area contributed by atoms with E-state index in [2.05, 4.69) is 10.6 Å². The molecule has 0 atom stereocenters. The van der Waals surface area contributed by atoms with Crippen LogP contribution in [0.25, 0.3) is 0 Å². The van der Waals surface area contributed by atoms with Crippen molar-refractivity contribution in [1.29, 1.82) is 0 Å². The molecule has 1 radical (unpaired) electrons. The van der Waals surface area contributed by atoms with Crippen molar-refractivity contribution in [3.63, 3.8) is 0 Å². The summed E-state index contributed by atoms with van der Waals surface area (Å²) in [6, 6.07) is 7.47. The van der Waals surface area contributed by atoms with E-state index < -0.39 is 0 Å². The molecular weight excluding hydrogens is 192 g/mol. The molecule has 81 valence electrons. The van der Waals surface area contributed by atoms with Crippen molar-refractivity contribution in [3.05, 3.63) is 35.4 Å². The van der Waals surface area contributed by atoms with Crippen LogP contribution >= 0.6 is 0 Å². The molecule has 0 saturated carbocycles. The van der Waals surface area contributed by atoms with Gasteiger partial charge in [-0.2, -0.15) is 0 Å². The third-order valence-corrected chi connectivity index (χ3v) is 2.09. The van der Waals surface area contributed by atoms with Crippen LogP contribution in [0.15, 0.2) is 24.3 Å². The van der Waals surface area contributed by atoms with E-state index in [1.165, 1.54) is 0 Å². The Morgan fingerprint density at radius 3 is 2.33 bits per heavy atom. The quantitative estimate of drug-likeness (QED) is 0.762. The van der Waals surface area contributed by atoms with Gasteiger partial charge in [0.05, 0.1) is 6.61 Å². The van der Waals surface area contributed by atoms with Gasteiger partial charge in [0.1, 0.15) is 0 Å². The fourth-order valence-corrected chi connectivity index (χ4v) is 1.21. The molecule has 0 aliphatic heterocycles. The Labute approximate surface area is 89.3 Å². The molecule has 0 aromatic heterocycles. The lowest BCUT2D eigenvalue weighted by molar-refractivity contribution is 0.197. The maximum atomic E-state index is 10.9. The fourth-order valence-electron chi connectivity index (χ4n) is 1.21. The Bertz CT molecular complexity index is 309. The number of rotatable bonds is 4. The summed E-state index contributed by atoms with van der Waals surface area (Å²) in [6.07, 6.45) is 0.559. The Morgan fingerprint density at radius 2 is 1.80 bits per heavy atom. The summed E-state index contributed by atoms with van der Waals surface area (Å²) in [6.45, 7) is 0.410. The summed E-state index contributed by atoms with van der Waals surface area (Å²) in [7, 11) is 1.58. The summed E-state index contributed by atoms with van der Waals surface area (Å²) < 4.78 is 0. The van der Waals surface area contributed by atoms with Crippen molar-refractivity contribution < 1.29 is 9.90 Å². The van der Waals surface area contributed by atoms with Gasteiger partial charge in [0.15, 0.2) is 0 Å². The van der Waals surface area contributed by atoms with Gasteiger partial charge in [0, 0.05) is 13.6 Å². The molecule has 1 aromatic rings. The number of carbonyl (C=O) groups excluding carboxylic acids is 1. The van der Waals surface area contributed by atoms with E-state index in [4.69, 9.17) is 0 Å². The number of amides is 2. The van der Waals surface area contributed by atoms with E-state index in [1.807, 2.05) is 24.3 Å². The van der Waals surface area contributed by atoms with Gasteiger partial charge in [0.25, 0.3) is 0 Å². The zero-order valence-corrected chi connectivity index (χ0v) is 8.75. The molecule has 0 fully saturated rings. The molecule has 0 spiro atoms. The molecule has 15 heavy (non-hydrogen) atoms. The SMILES string of the molecule is CNC(=O)NCc1ccc(CC[O])cc1. The molecule has 2 N–H and O–H groups in total. The standard InChI is InChI=1S/C11H15N2O2/c1-12-11(15)13-8-10-4-2-9(3-5-10)6-7-14/h2-5H,6-8H2,1H3,(H2,12,13,15). The zero-order valence-electron chi connectivity index (χ0n) is 8.75. The van der Waals surface area contributed by atoms with Crippen LogP contribution < -0.4 is 10.6 Å². The lowest BCUT2D eigenvalue weighted by atomic mass is 10.1. The summed E-state index contributed by atoms with van der Waals surface area (Å²) >= 11 is 0. The minimum absolute atomic E-state index is 0.0875. The molecule has 0 heterocycles. The molecule has 0 saturated heterocycles. The summed E-state index contributed by atoms with van der Waals surface area (Å²) in [4.78, 5) is 10.9. The normalized spacial score (nSPS) is 9.73. The molecule has 0 bridgehead atoms. The van der Waals surface area contributed by atoms with Gasteiger partial charge in [-0.15, -0.1) is 0 Å². The molecule has 0 unspecified atom stereocenters. The summed E-state index contributed by atoms with van der Waals surface area (Å²) in [5.41, 5.74) is 2.06. The van der Waals surface area contributed by atoms with Gasteiger partial charge >= 0.3 is 6.03 Å². The molecule has 1 aromatic carbocycles. The first-order valence-electron chi connectivity index (χ1n) is 4.87. The third kappa shape index (κ3) is 3.99. The minimum atomic E-state index is -0.196. The van der Waals surface area contributed by atoms with Gasteiger partial charge < -0.3 is 10.6 Å². The second-order valence-corrected chi connectivity index (χ2v) is 3.20. The topological polar surface area (TPSA) is 61.0 Å². The number of hydrogen-bond acceptors (Lipinski definition) is 1. The number of carbonyl (C=O) groups is 1. The molecule has 2 amide bonds. The van der Waals surface area contributed by atoms with E-state index in [0.29, 0.717) is 13.0 Å². The zero-order chi connectivity index (χ0) is 11.1. The second kappa shape index (κ2) is 6.03. The van der Waals surface area contributed by atoms with Gasteiger partial charge in [-0.1, -0.05) is 24.3 Å². The Kier molecular flexibility index (Phi) is 4.63. The molecule has 1 rings (SSSR count). The minimum Gasteiger partial charge on any atom is -0.341 e. The van der Waals surface area contributed by atoms with Crippen molar-refractivity contribution >= 4 is 6.03 Å². The highest BCUT2D eigenvalue weighted by Crippen LogP contribution is 2.04. The van der Waals surface area contributed by atoms with Crippen molar-refractivity contribution in [2.45, 2.75) is 13.0 Å². The van der Waals surface area contributed by atoms with Crippen LogP contribution in [0.5, 0.6) is 0 Å². The number of urea groups is 1. The molecule has 4 nitrogen and oxygen atoms in total. The van der Waals surface area contributed by atoms with Crippen molar-refractivity contribution in [3.8, 4) is 0 Å². The van der Waals surface area contributed by atoms with E-state index in [1.54, 1.807) is 7.05 Å². The van der Waals surface area contributed by atoms with Crippen LogP contribution in [-0.2, 0) is 18.1 Å². The van der Waals surface area contributed by atoms with Crippen LogP contribution in [0.1, 0.15) is 11.1 Å². The Balaban J connectivity index is 2.45. The first-order chi connectivity index (χ1) is 7.26. The molecular formula is C11H15N2O2. The van der Waals surface area contributed by atoms with Crippen LogP contribution in [0, 0.1) is 0 Å². The lowest BCUT2D eigenvalue weighted by Gasteiger charge is -2.05. The van der Waals surface area contributed by atoms with Crippen molar-refractivity contribution in [2.75, 3.05) is 13.7 Å². The van der Waals surface area contributed by atoms with Crippen LogP contribution in [-0.4, -0.2) is 19.7 Å². The average Bonchev–Trinajstić information content (AvgIpc) is 2.28. The number of nitrogens with one attached hydrogen (secondary N) is 2. The van der Waals surface area contributed by atoms with Crippen LogP contribution in [0.3, 0.4) is 0 Å². The number of benzene rings is 1. The van der Waals surface area contributed by atoms with Crippen molar-refractivity contribution in [1.82, 2.24) is 10.6 Å². The van der Waals surface area contributed by atoms with Crippen LogP contribution in [0.4, 0.5) is 4.79 Å². The van der Waals surface area contributed by atoms with E-state index in [-0.39, 0.29) is 12.6 Å². The van der Waals surface area contributed by atoms with E-state index in [9.17, 15) is 9.90 Å². The highest BCUT2D eigenvalue weighted by atomic mass is 16.2. The lowest BCUT2D eigenvalue weighted by Crippen LogP contribution is -2.32. The third-order valence-electron chi connectivity index (χ3n) is 2.09. The van der Waals surface area contributed by atoms with Crippen molar-refractivity contribution in [2.24, 2.45) is 0 Å². The monoisotopic (exact) mass is 207 g/mol. The highest BCUT2D eigenvalue weighted by Gasteiger charge is 1.97. The van der Waals surface area contributed by atoms with Crippen LogP contribution in [0.2, 0.25) is 0 Å². The van der Waals surface area contributed by atoms with Gasteiger partial charge in [-0.3, -0.25) is 0 Å². The predicted octanol–water partition coefficient (Wildman–Crippen LogP) is 1.09. The molecule has 4 heteroatoms. The molecule has 0 aliphatic rings. The van der Waals surface area contributed by atoms with Gasteiger partial charge in [-0.25, -0.2) is 9.90 Å². The van der Waals surface area contributed by atoms with Gasteiger partial charge in [0.2, 0.25) is 0 Å². The Hall–Kier alpha value is -1.55. The smallest absolute Gasteiger partial charge is 0.314 e. The fraction of sp³-hybridized carbons (Fsp3) is 0.364. The molecule has 0 aliphatic carbocycles. The van der Waals surface area contributed by atoms with Gasteiger partial charge in [-0.05, 0) is 17.5 Å². The first-order valence-corrected chi connectivity index (χ1v) is 4.87. The average molecular weight is 207 g/mol. The van der Waals surface area contributed by atoms with E-state index >= 15 is 0 Å². The summed E-state index contributed by atoms with van der Waals surface area (Å²) in [5, 5.41) is 15.5. The predicted molar refractivity (Wildman–Crippen MR) is 57.0 cm³/mol. The maximum Gasteiger partial charge on any atom is 0.314 e. The maximum absolute atomic E-state index is 10.9. The van der Waals surface area contributed by atoms with E-state index in [0.717, 1.165) is 11.1 Å². The first kappa shape index (κ1) is 11.5.